The van der Waals surface area contributed by atoms with Gasteiger partial charge < -0.3 is 69.6 Å². The minimum Gasteiger partial charge on any atom is -0.363 e. The molecule has 0 aliphatic carbocycles. The number of nitrogens with one attached hydrogen (secondary N) is 8. The van der Waals surface area contributed by atoms with E-state index in [2.05, 4.69) is 42.2 Å². The number of aromatic nitrogens is 1. The van der Waals surface area contributed by atoms with E-state index in [-0.39, 0.29) is 64.6 Å². The highest BCUT2D eigenvalue weighted by Gasteiger charge is 2.45. The van der Waals surface area contributed by atoms with E-state index in [1.54, 1.807) is 121 Å². The van der Waals surface area contributed by atoms with Crippen molar-refractivity contribution in [2.45, 2.75) is 112 Å². The number of aliphatic hydroxyl groups is 2. The van der Waals surface area contributed by atoms with E-state index in [4.69, 9.17) is 17.2 Å². The summed E-state index contributed by atoms with van der Waals surface area (Å²) in [6, 6.07) is 25.9. The molecule has 394 valence electrons. The highest BCUT2D eigenvalue weighted by Crippen LogP contribution is 2.23. The fourth-order valence-corrected chi connectivity index (χ4v) is 8.81. The standard InChI is InChI=1S/C54H69N11O9/c55-27-13-12-24-42-49(69)64-53(73,26-15-29-57)51(71)62-41(25-14-28-56)46(66)60-43(30-35-16-4-1-5-17-35)47(67)61-45(32-37-20-8-3-9-21-37)50(70)65-54(74,33-38-34-58-40-23-11-10-22-39(38)40)52(72)63-44(48(68)59-42)31-36-18-6-2-7-19-36/h1-11,16-23,34,41-45,58,73-74H,12-15,24-33,55-57H2,(H,59,68)(H,60,66)(H,61,67)(H,62,71)(H,63,72)(H,64,69)(H,65,70)/t41-,42-,43?,44+,45-,53+,54-/m1/s1. The predicted octanol–water partition coefficient (Wildman–Crippen LogP) is 0.0925. The number of hydrogen-bond acceptors (Lipinski definition) is 12. The molecular formula is C54H69N11O9. The van der Waals surface area contributed by atoms with Gasteiger partial charge in [-0.05, 0) is 86.5 Å². The highest BCUT2D eigenvalue weighted by atomic mass is 16.3. The van der Waals surface area contributed by atoms with Crippen molar-refractivity contribution in [2.24, 2.45) is 17.2 Å². The van der Waals surface area contributed by atoms with Gasteiger partial charge in [0.15, 0.2) is 0 Å². The minimum absolute atomic E-state index is 0.00830. The predicted molar refractivity (Wildman–Crippen MR) is 278 cm³/mol. The van der Waals surface area contributed by atoms with Gasteiger partial charge in [0.05, 0.1) is 0 Å². The summed E-state index contributed by atoms with van der Waals surface area (Å²) < 4.78 is 0. The van der Waals surface area contributed by atoms with E-state index in [1.807, 2.05) is 0 Å². The molecule has 74 heavy (non-hydrogen) atoms. The number of H-pyrrole nitrogens is 1. The van der Waals surface area contributed by atoms with Crippen LogP contribution in [0.5, 0.6) is 0 Å². The lowest BCUT2D eigenvalue weighted by Gasteiger charge is -2.33. The fraction of sp³-hybridized carbons (Fsp3) is 0.389. The van der Waals surface area contributed by atoms with E-state index in [0.29, 0.717) is 46.0 Å². The van der Waals surface area contributed by atoms with Crippen LogP contribution in [0, 0.1) is 0 Å². The second kappa shape index (κ2) is 27.0. The number of benzene rings is 4. The van der Waals surface area contributed by atoms with Crippen molar-refractivity contribution in [3.63, 3.8) is 0 Å². The molecule has 7 amide bonds. The van der Waals surface area contributed by atoms with Crippen molar-refractivity contribution in [3.8, 4) is 0 Å². The van der Waals surface area contributed by atoms with Gasteiger partial charge in [0, 0.05) is 49.2 Å². The Kier molecular flexibility index (Phi) is 20.4. The smallest absolute Gasteiger partial charge is 0.274 e. The first-order valence-electron chi connectivity index (χ1n) is 25.0. The Hall–Kier alpha value is -7.49. The molecule has 20 heteroatoms. The summed E-state index contributed by atoms with van der Waals surface area (Å²) >= 11 is 0. The zero-order valence-corrected chi connectivity index (χ0v) is 41.3. The molecule has 1 fully saturated rings. The van der Waals surface area contributed by atoms with Gasteiger partial charge in [-0.2, -0.15) is 0 Å². The van der Waals surface area contributed by atoms with Crippen LogP contribution >= 0.6 is 0 Å². The molecule has 20 nitrogen and oxygen atoms in total. The second-order valence-electron chi connectivity index (χ2n) is 18.6. The summed E-state index contributed by atoms with van der Waals surface area (Å²) in [4.78, 5) is 106. The van der Waals surface area contributed by atoms with E-state index >= 15 is 4.79 Å². The van der Waals surface area contributed by atoms with Crippen LogP contribution in [0.4, 0.5) is 0 Å². The van der Waals surface area contributed by atoms with Gasteiger partial charge in [-0.15, -0.1) is 0 Å². The Bertz CT molecular complexity index is 2670. The van der Waals surface area contributed by atoms with Gasteiger partial charge in [-0.3, -0.25) is 33.6 Å². The maximum atomic E-state index is 15.0. The molecule has 0 radical (unpaired) electrons. The first-order chi connectivity index (χ1) is 35.6. The molecule has 0 spiro atoms. The van der Waals surface area contributed by atoms with Gasteiger partial charge >= 0.3 is 0 Å². The van der Waals surface area contributed by atoms with Gasteiger partial charge in [0.1, 0.15) is 30.2 Å². The van der Waals surface area contributed by atoms with Crippen LogP contribution in [0.15, 0.2) is 121 Å². The number of nitrogens with two attached hydrogens (primary N) is 3. The number of amides is 7. The van der Waals surface area contributed by atoms with E-state index in [9.17, 15) is 39.0 Å². The number of para-hydroxylation sites is 1. The average Bonchev–Trinajstić information content (AvgIpc) is 3.80. The zero-order chi connectivity index (χ0) is 53.1. The first kappa shape index (κ1) is 55.8. The molecule has 5 aromatic rings. The minimum atomic E-state index is -2.83. The third kappa shape index (κ3) is 15.5. The number of carbonyl (C=O) groups excluding carboxylic acids is 7. The monoisotopic (exact) mass is 1020 g/mol. The summed E-state index contributed by atoms with van der Waals surface area (Å²) in [6.45, 7) is 0.327. The number of rotatable bonds is 18. The third-order valence-electron chi connectivity index (χ3n) is 12.9. The number of carbonyl (C=O) groups is 7. The van der Waals surface area contributed by atoms with Crippen LogP contribution in [0.2, 0.25) is 0 Å². The molecule has 6 rings (SSSR count). The zero-order valence-electron chi connectivity index (χ0n) is 41.3. The molecule has 0 bridgehead atoms. The number of fused-ring (bicyclic) bond motifs is 1. The Balaban J connectivity index is 1.50. The summed E-state index contributed by atoms with van der Waals surface area (Å²) in [5.74, 6) is -6.97. The lowest BCUT2D eigenvalue weighted by atomic mass is 9.97. The molecule has 1 saturated heterocycles. The Morgan fingerprint density at radius 2 is 0.838 bits per heavy atom. The Morgan fingerprint density at radius 1 is 0.432 bits per heavy atom. The van der Waals surface area contributed by atoms with E-state index in [0.717, 1.165) is 0 Å². The van der Waals surface area contributed by atoms with Crippen LogP contribution in [-0.2, 0) is 59.2 Å². The average molecular weight is 1020 g/mol. The summed E-state index contributed by atoms with van der Waals surface area (Å²) in [5.41, 5.74) is 14.9. The normalized spacial score (nSPS) is 23.8. The number of aromatic amines is 1. The van der Waals surface area contributed by atoms with Crippen molar-refractivity contribution in [3.05, 3.63) is 144 Å². The number of unbranched alkanes of at least 4 members (excludes halogenated alkanes) is 1. The van der Waals surface area contributed by atoms with Gasteiger partial charge in [-0.1, -0.05) is 109 Å². The maximum Gasteiger partial charge on any atom is 0.274 e. The molecule has 1 aliphatic heterocycles. The maximum absolute atomic E-state index is 15.0. The molecule has 1 unspecified atom stereocenters. The quantitative estimate of drug-likeness (QED) is 0.0520. The van der Waals surface area contributed by atoms with Crippen LogP contribution in [0.3, 0.4) is 0 Å². The van der Waals surface area contributed by atoms with Crippen LogP contribution in [0.1, 0.15) is 67.2 Å². The second-order valence-corrected chi connectivity index (χ2v) is 18.6. The SMILES string of the molecule is NCCCC[C@H]1NC(=O)[C@H](Cc2ccccc2)NC(=O)[C@](O)(Cc2c[nH]c3ccccc23)NC(=O)[C@@H](Cc2ccccc2)NC(=O)C(Cc2ccccc2)NC(=O)[C@@H](CCCN)NC(=O)[C@@](O)(CCCN)NC1=O. The molecule has 0 saturated carbocycles. The lowest BCUT2D eigenvalue weighted by molar-refractivity contribution is -0.153. The molecule has 1 aliphatic rings. The largest absolute Gasteiger partial charge is 0.363 e. The Morgan fingerprint density at radius 3 is 1.39 bits per heavy atom. The summed E-state index contributed by atoms with van der Waals surface area (Å²) in [7, 11) is 0. The van der Waals surface area contributed by atoms with Gasteiger partial charge in [-0.25, -0.2) is 0 Å². The van der Waals surface area contributed by atoms with E-state index in [1.165, 1.54) is 0 Å². The van der Waals surface area contributed by atoms with Crippen LogP contribution < -0.4 is 54.4 Å². The van der Waals surface area contributed by atoms with Crippen LogP contribution in [-0.4, -0.2) is 118 Å². The Labute approximate surface area is 429 Å². The van der Waals surface area contributed by atoms with E-state index < -0.39 is 95.9 Å². The highest BCUT2D eigenvalue weighted by molar-refractivity contribution is 6.00. The summed E-state index contributed by atoms with van der Waals surface area (Å²) in [6.07, 6.45) is 1.05. The lowest BCUT2D eigenvalue weighted by Crippen LogP contribution is -2.67. The van der Waals surface area contributed by atoms with Crippen molar-refractivity contribution in [1.29, 1.82) is 0 Å². The summed E-state index contributed by atoms with van der Waals surface area (Å²) in [5, 5.41) is 43.9. The molecule has 2 heterocycles. The van der Waals surface area contributed by atoms with Crippen molar-refractivity contribution in [1.82, 2.24) is 42.2 Å². The third-order valence-corrected chi connectivity index (χ3v) is 12.9. The molecular weight excluding hydrogens is 947 g/mol. The molecule has 1 aromatic heterocycles. The van der Waals surface area contributed by atoms with Crippen molar-refractivity contribution >= 4 is 52.3 Å². The fourth-order valence-electron chi connectivity index (χ4n) is 8.81. The molecule has 16 N–H and O–H groups in total. The molecule has 7 atom stereocenters. The van der Waals surface area contributed by atoms with Gasteiger partial charge in [0.25, 0.3) is 11.8 Å². The number of hydrogen-bond donors (Lipinski definition) is 13. The van der Waals surface area contributed by atoms with Crippen molar-refractivity contribution in [2.75, 3.05) is 19.6 Å². The topological polar surface area (TPSA) is 338 Å². The first-order valence-corrected chi connectivity index (χ1v) is 25.0. The van der Waals surface area contributed by atoms with Crippen LogP contribution in [0.25, 0.3) is 10.9 Å². The van der Waals surface area contributed by atoms with Gasteiger partial charge in [0.2, 0.25) is 41.0 Å². The molecule has 4 aromatic carbocycles. The van der Waals surface area contributed by atoms with Crippen molar-refractivity contribution < 1.29 is 43.8 Å².